The number of fused-ring (bicyclic) bond motifs is 3. The van der Waals surface area contributed by atoms with Crippen LogP contribution in [0, 0.1) is 5.92 Å². The molecule has 5 nitrogen and oxygen atoms in total. The van der Waals surface area contributed by atoms with Crippen molar-refractivity contribution < 1.29 is 17.6 Å². The van der Waals surface area contributed by atoms with Crippen molar-refractivity contribution in [2.24, 2.45) is 5.92 Å². The van der Waals surface area contributed by atoms with Gasteiger partial charge in [0.05, 0.1) is 16.4 Å². The van der Waals surface area contributed by atoms with Crippen molar-refractivity contribution in [3.05, 3.63) is 42.2 Å². The van der Waals surface area contributed by atoms with Crippen LogP contribution in [0.1, 0.15) is 24.3 Å². The van der Waals surface area contributed by atoms with Gasteiger partial charge >= 0.3 is 0 Å². The Labute approximate surface area is 140 Å². The van der Waals surface area contributed by atoms with E-state index in [2.05, 4.69) is 0 Å². The van der Waals surface area contributed by atoms with Crippen LogP contribution < -0.4 is 0 Å². The molecule has 0 spiro atoms. The Bertz CT molecular complexity index is 928. The zero-order chi connectivity index (χ0) is 16.5. The van der Waals surface area contributed by atoms with Gasteiger partial charge in [-0.05, 0) is 48.7 Å². The molecule has 0 N–H and O–H groups in total. The molecule has 2 fully saturated rings. The lowest BCUT2D eigenvalue weighted by molar-refractivity contribution is -0.131. The maximum atomic E-state index is 12.9. The molecule has 6 heteroatoms. The molecular formula is C18H17NO4S. The average molecular weight is 343 g/mol. The molecule has 3 heterocycles. The van der Waals surface area contributed by atoms with E-state index in [0.29, 0.717) is 18.0 Å². The van der Waals surface area contributed by atoms with Gasteiger partial charge in [0.1, 0.15) is 5.76 Å². The molecule has 0 radical (unpaired) electrons. The number of amides is 1. The Morgan fingerprint density at radius 1 is 1.17 bits per heavy atom. The van der Waals surface area contributed by atoms with Crippen LogP contribution in [-0.2, 0) is 14.6 Å². The minimum Gasteiger partial charge on any atom is -0.464 e. The van der Waals surface area contributed by atoms with Crippen LogP contribution in [0.25, 0.3) is 11.3 Å². The highest BCUT2D eigenvalue weighted by Gasteiger charge is 2.52. The highest BCUT2D eigenvalue weighted by molar-refractivity contribution is 7.92. The quantitative estimate of drug-likeness (QED) is 0.840. The van der Waals surface area contributed by atoms with Crippen LogP contribution in [-0.4, -0.2) is 37.6 Å². The van der Waals surface area contributed by atoms with Gasteiger partial charge in [0.2, 0.25) is 5.91 Å². The number of carbonyl (C=O) groups excluding carboxylic acids is 1. The van der Waals surface area contributed by atoms with Gasteiger partial charge in [0.15, 0.2) is 9.84 Å². The molecule has 5 rings (SSSR count). The predicted octanol–water partition coefficient (Wildman–Crippen LogP) is 2.44. The third kappa shape index (κ3) is 1.92. The van der Waals surface area contributed by atoms with E-state index in [-0.39, 0.29) is 17.7 Å². The Balaban J connectivity index is 1.56. The van der Waals surface area contributed by atoms with E-state index in [0.717, 1.165) is 29.7 Å². The first-order valence-electron chi connectivity index (χ1n) is 8.26. The fourth-order valence-corrected chi connectivity index (χ4v) is 6.18. The molecule has 1 amide bonds. The Kier molecular flexibility index (Phi) is 2.81. The average Bonchev–Trinajstić information content (AvgIpc) is 3.04. The second kappa shape index (κ2) is 4.72. The summed E-state index contributed by atoms with van der Waals surface area (Å²) in [5.41, 5.74) is 1.71. The first-order valence-corrected chi connectivity index (χ1v) is 9.81. The van der Waals surface area contributed by atoms with Crippen molar-refractivity contribution in [3.63, 3.8) is 0 Å². The number of hydrogen-bond donors (Lipinski definition) is 0. The molecular weight excluding hydrogens is 326 g/mol. The van der Waals surface area contributed by atoms with Crippen molar-refractivity contribution in [3.8, 4) is 11.3 Å². The zero-order valence-corrected chi connectivity index (χ0v) is 13.8. The molecule has 124 valence electrons. The minimum absolute atomic E-state index is 0.123. The first kappa shape index (κ1) is 14.3. The third-order valence-corrected chi connectivity index (χ3v) is 7.68. The van der Waals surface area contributed by atoms with Crippen LogP contribution >= 0.6 is 0 Å². The van der Waals surface area contributed by atoms with Gasteiger partial charge in [-0.25, -0.2) is 8.42 Å². The van der Waals surface area contributed by atoms with Crippen LogP contribution in [0.5, 0.6) is 0 Å². The Morgan fingerprint density at radius 3 is 2.71 bits per heavy atom. The fraction of sp³-hybridized carbons (Fsp3) is 0.389. The number of furan rings is 1. The molecule has 1 saturated heterocycles. The first-order chi connectivity index (χ1) is 11.6. The van der Waals surface area contributed by atoms with E-state index in [1.54, 1.807) is 23.3 Å². The van der Waals surface area contributed by atoms with Crippen molar-refractivity contribution in [1.82, 2.24) is 4.90 Å². The highest BCUT2D eigenvalue weighted by atomic mass is 32.2. The smallest absolute Gasteiger partial charge is 0.225 e. The molecule has 3 aliphatic rings. The predicted molar refractivity (Wildman–Crippen MR) is 87.2 cm³/mol. The second-order valence-corrected chi connectivity index (χ2v) is 9.07. The highest BCUT2D eigenvalue weighted by Crippen LogP contribution is 2.47. The Hall–Kier alpha value is -2.08. The summed E-state index contributed by atoms with van der Waals surface area (Å²) in [6, 6.07) is 9.08. The summed E-state index contributed by atoms with van der Waals surface area (Å²) in [4.78, 5) is 14.5. The summed E-state index contributed by atoms with van der Waals surface area (Å²) in [5.74, 6) is 0.856. The van der Waals surface area contributed by atoms with Crippen LogP contribution in [0.15, 0.2) is 45.9 Å². The molecule has 2 aliphatic heterocycles. The second-order valence-electron chi connectivity index (χ2n) is 6.94. The van der Waals surface area contributed by atoms with Gasteiger partial charge in [-0.3, -0.25) is 4.79 Å². The number of carbonyl (C=O) groups is 1. The fourth-order valence-electron chi connectivity index (χ4n) is 4.01. The summed E-state index contributed by atoms with van der Waals surface area (Å²) in [7, 11) is -3.36. The summed E-state index contributed by atoms with van der Waals surface area (Å²) in [6.07, 6.45) is 3.49. The van der Waals surface area contributed by atoms with Crippen molar-refractivity contribution in [1.29, 1.82) is 0 Å². The minimum atomic E-state index is -3.36. The number of rotatable bonds is 2. The largest absolute Gasteiger partial charge is 0.464 e. The normalized spacial score (nSPS) is 27.1. The Morgan fingerprint density at radius 2 is 2.00 bits per heavy atom. The van der Waals surface area contributed by atoms with Gasteiger partial charge in [-0.2, -0.15) is 0 Å². The van der Waals surface area contributed by atoms with Gasteiger partial charge in [0, 0.05) is 30.5 Å². The molecule has 1 aliphatic carbocycles. The number of nitrogens with zero attached hydrogens (tertiary/aromatic N) is 1. The summed E-state index contributed by atoms with van der Waals surface area (Å²) in [5, 5.41) is -0.498. The zero-order valence-electron chi connectivity index (χ0n) is 13.0. The SMILES string of the molecule is O=C(C1CC1)N1CC2c3cc(-c4ccco4)ccc3S(=O)(=O)C2C1. The van der Waals surface area contributed by atoms with E-state index in [4.69, 9.17) is 4.42 Å². The van der Waals surface area contributed by atoms with Gasteiger partial charge in [-0.15, -0.1) is 0 Å². The lowest BCUT2D eigenvalue weighted by Gasteiger charge is -2.17. The molecule has 1 aromatic carbocycles. The molecule has 2 unspecified atom stereocenters. The van der Waals surface area contributed by atoms with E-state index in [9.17, 15) is 13.2 Å². The summed E-state index contributed by atoms with van der Waals surface area (Å²) in [6.45, 7) is 0.834. The van der Waals surface area contributed by atoms with E-state index in [1.165, 1.54) is 0 Å². The number of benzene rings is 1. The summed E-state index contributed by atoms with van der Waals surface area (Å²) < 4.78 is 31.1. The lowest BCUT2D eigenvalue weighted by Crippen LogP contribution is -2.32. The van der Waals surface area contributed by atoms with Crippen molar-refractivity contribution >= 4 is 15.7 Å². The van der Waals surface area contributed by atoms with Crippen LogP contribution in [0.4, 0.5) is 0 Å². The number of likely N-dealkylation sites (tertiary alicyclic amines) is 1. The van der Waals surface area contributed by atoms with Crippen LogP contribution in [0.3, 0.4) is 0 Å². The maximum Gasteiger partial charge on any atom is 0.225 e. The van der Waals surface area contributed by atoms with Crippen molar-refractivity contribution in [2.75, 3.05) is 13.1 Å². The van der Waals surface area contributed by atoms with Gasteiger partial charge in [0.25, 0.3) is 0 Å². The molecule has 2 atom stereocenters. The topological polar surface area (TPSA) is 67.6 Å². The number of hydrogen-bond acceptors (Lipinski definition) is 4. The molecule has 1 saturated carbocycles. The monoisotopic (exact) mass is 343 g/mol. The standard InChI is InChI=1S/C18H17NO4S/c20-18(11-3-4-11)19-9-14-13-8-12(15-2-1-7-23-15)5-6-16(13)24(21,22)17(14)10-19/h1-2,5-8,11,14,17H,3-4,9-10H2. The van der Waals surface area contributed by atoms with Crippen molar-refractivity contribution in [2.45, 2.75) is 28.9 Å². The molecule has 2 aromatic rings. The third-order valence-electron chi connectivity index (χ3n) is 5.42. The van der Waals surface area contributed by atoms with E-state index < -0.39 is 15.1 Å². The van der Waals surface area contributed by atoms with E-state index in [1.807, 2.05) is 18.2 Å². The molecule has 1 aromatic heterocycles. The lowest BCUT2D eigenvalue weighted by atomic mass is 9.96. The van der Waals surface area contributed by atoms with Crippen LogP contribution in [0.2, 0.25) is 0 Å². The summed E-state index contributed by atoms with van der Waals surface area (Å²) >= 11 is 0. The van der Waals surface area contributed by atoms with Gasteiger partial charge in [-0.1, -0.05) is 0 Å². The van der Waals surface area contributed by atoms with E-state index >= 15 is 0 Å². The molecule has 0 bridgehead atoms. The van der Waals surface area contributed by atoms with Gasteiger partial charge < -0.3 is 9.32 Å². The molecule has 24 heavy (non-hydrogen) atoms. The number of sulfone groups is 1. The maximum absolute atomic E-state index is 12.9.